The predicted molar refractivity (Wildman–Crippen MR) is 136 cm³/mol. The van der Waals surface area contributed by atoms with Crippen molar-refractivity contribution in [3.05, 3.63) is 82.4 Å². The molecule has 3 rings (SSSR count). The fraction of sp³-hybridized carbons (Fsp3) is 0.308. The van der Waals surface area contributed by atoms with Crippen molar-refractivity contribution >= 4 is 47.3 Å². The van der Waals surface area contributed by atoms with Crippen LogP contribution in [0, 0.1) is 34.6 Å². The molecule has 0 aromatic heterocycles. The fourth-order valence-corrected chi connectivity index (χ4v) is 9.49. The fourth-order valence-electron chi connectivity index (χ4n) is 3.83. The summed E-state index contributed by atoms with van der Waals surface area (Å²) >= 11 is 7.81. The van der Waals surface area contributed by atoms with Crippen LogP contribution in [-0.4, -0.2) is 15.5 Å². The Labute approximate surface area is 183 Å². The highest BCUT2D eigenvalue weighted by Gasteiger charge is 2.39. The predicted octanol–water partition coefficient (Wildman–Crippen LogP) is 4.98. The molecule has 0 fully saturated rings. The molecule has 0 nitrogen and oxygen atoms in total. The lowest BCUT2D eigenvalue weighted by Gasteiger charge is -2.30. The van der Waals surface area contributed by atoms with Crippen molar-refractivity contribution in [2.75, 3.05) is 0 Å². The molecule has 3 aromatic rings. The van der Waals surface area contributed by atoms with Gasteiger partial charge in [-0.15, -0.1) is 11.1 Å². The van der Waals surface area contributed by atoms with Crippen LogP contribution in [0.3, 0.4) is 0 Å². The molecule has 0 heterocycles. The Hall–Kier alpha value is -1.62. The van der Waals surface area contributed by atoms with E-state index in [-0.39, 0.29) is 0 Å². The molecule has 0 atom stereocenters. The first-order valence-electron chi connectivity index (χ1n) is 10.4. The summed E-state index contributed by atoms with van der Waals surface area (Å²) in [5.41, 5.74) is 6.55. The van der Waals surface area contributed by atoms with E-state index < -0.39 is 15.5 Å². The molecule has 0 aliphatic heterocycles. The Kier molecular flexibility index (Phi) is 6.02. The number of aryl methyl sites for hydroxylation is 5. The maximum atomic E-state index is 7.81. The summed E-state index contributed by atoms with van der Waals surface area (Å²) < 4.78 is 0. The van der Waals surface area contributed by atoms with Gasteiger partial charge in [0.15, 0.2) is 0 Å². The van der Waals surface area contributed by atoms with E-state index in [0.717, 1.165) is 0 Å². The van der Waals surface area contributed by atoms with Crippen molar-refractivity contribution < 1.29 is 0 Å². The van der Waals surface area contributed by atoms with Gasteiger partial charge in [0.1, 0.15) is 0 Å². The minimum atomic E-state index is -2.63. The van der Waals surface area contributed by atoms with Gasteiger partial charge in [-0.05, 0) is 72.4 Å². The van der Waals surface area contributed by atoms with Gasteiger partial charge in [0, 0.05) is 0 Å². The summed E-state index contributed by atoms with van der Waals surface area (Å²) in [5.74, 6) is 0. The first kappa shape index (κ1) is 22.1. The Bertz CT molecular complexity index is 1010. The van der Waals surface area contributed by atoms with Gasteiger partial charge < -0.3 is 0 Å². The van der Waals surface area contributed by atoms with Gasteiger partial charge in [-0.25, -0.2) is 0 Å². The average Bonchev–Trinajstić information content (AvgIpc) is 2.64. The van der Waals surface area contributed by atoms with Crippen LogP contribution in [-0.2, 0) is 0 Å². The standard InChI is InChI=1S/C26H33ClSi2/c1-18-13-25(28(6,7)8)17-26(14-18)29(27,23-11-9-19(2)21(4)15-23)24-12-10-20(3)22(5)16-24/h9-17H,1-8H3. The van der Waals surface area contributed by atoms with Gasteiger partial charge in [0.05, 0.1) is 8.07 Å². The summed E-state index contributed by atoms with van der Waals surface area (Å²) in [4.78, 5) is 0. The number of hydrogen-bond acceptors (Lipinski definition) is 0. The lowest BCUT2D eigenvalue weighted by atomic mass is 10.1. The van der Waals surface area contributed by atoms with E-state index in [1.54, 1.807) is 0 Å². The van der Waals surface area contributed by atoms with Crippen molar-refractivity contribution in [1.82, 2.24) is 0 Å². The second-order valence-corrected chi connectivity index (χ2v) is 19.4. The van der Waals surface area contributed by atoms with Crippen molar-refractivity contribution in [2.24, 2.45) is 0 Å². The largest absolute Gasteiger partial charge is 0.247 e. The second-order valence-electron chi connectivity index (χ2n) is 9.59. The summed E-state index contributed by atoms with van der Waals surface area (Å²) in [6.07, 6.45) is 0. The maximum absolute atomic E-state index is 7.81. The van der Waals surface area contributed by atoms with E-state index in [4.69, 9.17) is 11.1 Å². The zero-order valence-corrected chi connectivity index (χ0v) is 21.8. The summed E-state index contributed by atoms with van der Waals surface area (Å²) in [7, 11) is -4.09. The van der Waals surface area contributed by atoms with Crippen molar-refractivity contribution in [3.8, 4) is 0 Å². The van der Waals surface area contributed by atoms with Crippen molar-refractivity contribution in [2.45, 2.75) is 54.3 Å². The third-order valence-corrected chi connectivity index (χ3v) is 13.4. The number of rotatable bonds is 4. The average molecular weight is 437 g/mol. The SMILES string of the molecule is Cc1cc([Si](C)(C)C)cc([Si](Cl)(c2ccc(C)c(C)c2)c2ccc(C)c(C)c2)c1. The lowest BCUT2D eigenvalue weighted by molar-refractivity contribution is 1.35. The third kappa shape index (κ3) is 4.30. The summed E-state index contributed by atoms with van der Waals surface area (Å²) in [5, 5.41) is 5.34. The molecule has 0 N–H and O–H groups in total. The molecular formula is C26H33ClSi2. The Morgan fingerprint density at radius 2 is 0.966 bits per heavy atom. The molecule has 0 bridgehead atoms. The van der Waals surface area contributed by atoms with E-state index in [2.05, 4.69) is 109 Å². The van der Waals surface area contributed by atoms with Gasteiger partial charge >= 0.3 is 0 Å². The highest BCUT2D eigenvalue weighted by Crippen LogP contribution is 2.17. The van der Waals surface area contributed by atoms with Gasteiger partial charge in [0.25, 0.3) is 0 Å². The first-order chi connectivity index (χ1) is 13.4. The molecule has 29 heavy (non-hydrogen) atoms. The molecule has 0 saturated carbocycles. The van der Waals surface area contributed by atoms with E-state index in [1.807, 2.05) is 0 Å². The molecule has 152 valence electrons. The topological polar surface area (TPSA) is 0 Å². The number of benzene rings is 3. The molecular weight excluding hydrogens is 404 g/mol. The minimum absolute atomic E-state index is 1.28. The van der Waals surface area contributed by atoms with Crippen LogP contribution in [0.15, 0.2) is 54.6 Å². The monoisotopic (exact) mass is 436 g/mol. The van der Waals surface area contributed by atoms with E-state index in [1.165, 1.54) is 48.6 Å². The summed E-state index contributed by atoms with van der Waals surface area (Å²) in [6, 6.07) is 20.7. The van der Waals surface area contributed by atoms with Crippen LogP contribution < -0.4 is 20.7 Å². The lowest BCUT2D eigenvalue weighted by Crippen LogP contribution is -2.64. The van der Waals surface area contributed by atoms with Crippen LogP contribution >= 0.6 is 11.1 Å². The number of hydrogen-bond donors (Lipinski definition) is 0. The molecule has 0 spiro atoms. The Morgan fingerprint density at radius 1 is 0.517 bits per heavy atom. The number of halogens is 1. The van der Waals surface area contributed by atoms with E-state index in [9.17, 15) is 0 Å². The molecule has 3 heteroatoms. The summed E-state index contributed by atoms with van der Waals surface area (Å²) in [6.45, 7) is 18.2. The minimum Gasteiger partial charge on any atom is -0.149 e. The highest BCUT2D eigenvalue weighted by molar-refractivity contribution is 7.40. The van der Waals surface area contributed by atoms with Crippen LogP contribution in [0.1, 0.15) is 27.8 Å². The van der Waals surface area contributed by atoms with Gasteiger partial charge in [-0.1, -0.05) is 85.0 Å². The van der Waals surface area contributed by atoms with Crippen molar-refractivity contribution in [1.29, 1.82) is 0 Å². The van der Waals surface area contributed by atoms with E-state index >= 15 is 0 Å². The molecule has 0 aliphatic rings. The first-order valence-corrected chi connectivity index (χ1v) is 16.9. The van der Waals surface area contributed by atoms with Gasteiger partial charge in [0.2, 0.25) is 7.38 Å². The molecule has 3 aromatic carbocycles. The van der Waals surface area contributed by atoms with Gasteiger partial charge in [-0.3, -0.25) is 0 Å². The van der Waals surface area contributed by atoms with Crippen LogP contribution in [0.4, 0.5) is 0 Å². The van der Waals surface area contributed by atoms with E-state index in [0.29, 0.717) is 0 Å². The Morgan fingerprint density at radius 3 is 1.38 bits per heavy atom. The quantitative estimate of drug-likeness (QED) is 0.307. The smallest absolute Gasteiger partial charge is 0.149 e. The third-order valence-electron chi connectivity index (χ3n) is 6.15. The molecule has 0 saturated heterocycles. The molecule has 0 aliphatic carbocycles. The van der Waals surface area contributed by atoms with Gasteiger partial charge in [-0.2, -0.15) is 0 Å². The van der Waals surface area contributed by atoms with Crippen LogP contribution in [0.5, 0.6) is 0 Å². The maximum Gasteiger partial charge on any atom is 0.247 e. The van der Waals surface area contributed by atoms with Crippen molar-refractivity contribution in [3.63, 3.8) is 0 Å². The molecule has 0 radical (unpaired) electrons. The van der Waals surface area contributed by atoms with Crippen LogP contribution in [0.2, 0.25) is 19.6 Å². The molecule has 0 unspecified atom stereocenters. The Balaban J connectivity index is 2.36. The highest BCUT2D eigenvalue weighted by atomic mass is 35.6. The normalized spacial score (nSPS) is 12.3. The zero-order valence-electron chi connectivity index (χ0n) is 19.1. The molecule has 0 amide bonds. The second kappa shape index (κ2) is 7.90. The van der Waals surface area contributed by atoms with Crippen LogP contribution in [0.25, 0.3) is 0 Å². The zero-order chi connectivity index (χ0) is 21.6.